The van der Waals surface area contributed by atoms with Crippen molar-refractivity contribution in [2.75, 3.05) is 12.9 Å². The second kappa shape index (κ2) is 11.1. The Bertz CT molecular complexity index is 2130. The molecule has 0 unspecified atom stereocenters. The molecule has 0 atom stereocenters. The van der Waals surface area contributed by atoms with Crippen LogP contribution < -0.4 is 15.0 Å². The number of ether oxygens (including phenoxy) is 1. The maximum Gasteiger partial charge on any atom is 0.267 e. The summed E-state index contributed by atoms with van der Waals surface area (Å²) < 4.78 is 33.5. The van der Waals surface area contributed by atoms with Crippen molar-refractivity contribution in [3.8, 4) is 22.9 Å². The summed E-state index contributed by atoms with van der Waals surface area (Å²) in [6, 6.07) is 8.96. The minimum Gasteiger partial charge on any atom is -0.491 e. The van der Waals surface area contributed by atoms with E-state index < -0.39 is 15.9 Å². The molecule has 0 radical (unpaired) electrons. The van der Waals surface area contributed by atoms with Crippen molar-refractivity contribution in [3.63, 3.8) is 0 Å². The Labute approximate surface area is 249 Å². The first-order valence-electron chi connectivity index (χ1n) is 12.5. The molecule has 0 spiro atoms. The molecular weight excluding hydrogens is 600 g/mol. The molecule has 1 aromatic carbocycles. The summed E-state index contributed by atoms with van der Waals surface area (Å²) in [5, 5.41) is 11.7. The van der Waals surface area contributed by atoms with Gasteiger partial charge in [-0.1, -0.05) is 11.6 Å². The fourth-order valence-electron chi connectivity index (χ4n) is 4.61. The van der Waals surface area contributed by atoms with Crippen molar-refractivity contribution >= 4 is 60.0 Å². The maximum atomic E-state index is 13.4. The second-order valence-corrected chi connectivity index (χ2v) is 12.6. The number of thiophene rings is 1. The molecule has 42 heavy (non-hydrogen) atoms. The summed E-state index contributed by atoms with van der Waals surface area (Å²) >= 11 is 7.61. The molecule has 0 saturated heterocycles. The normalized spacial score (nSPS) is 11.5. The van der Waals surface area contributed by atoms with Crippen LogP contribution in [-0.2, 0) is 16.6 Å². The Morgan fingerprint density at radius 1 is 1.17 bits per heavy atom. The highest BCUT2D eigenvalue weighted by molar-refractivity contribution is 7.89. The number of hydrogen-bond donors (Lipinski definition) is 1. The van der Waals surface area contributed by atoms with Gasteiger partial charge in [0.15, 0.2) is 0 Å². The molecule has 4 heterocycles. The van der Waals surface area contributed by atoms with Crippen LogP contribution in [0.1, 0.15) is 33.1 Å². The van der Waals surface area contributed by atoms with Crippen LogP contribution in [0.3, 0.4) is 0 Å². The van der Waals surface area contributed by atoms with E-state index in [9.17, 15) is 23.3 Å². The van der Waals surface area contributed by atoms with Gasteiger partial charge in [0.1, 0.15) is 29.8 Å². The van der Waals surface area contributed by atoms with E-state index in [2.05, 4.69) is 15.0 Å². The monoisotopic (exact) mass is 622 g/mol. The van der Waals surface area contributed by atoms with Crippen LogP contribution in [0.25, 0.3) is 32.2 Å². The summed E-state index contributed by atoms with van der Waals surface area (Å²) in [7, 11) is -3.77. The first kappa shape index (κ1) is 29.1. The molecule has 0 aliphatic carbocycles. The van der Waals surface area contributed by atoms with Crippen molar-refractivity contribution < 1.29 is 17.9 Å². The van der Waals surface area contributed by atoms with Gasteiger partial charge in [0.2, 0.25) is 10.0 Å². The number of nitriles is 1. The molecule has 11 nitrogen and oxygen atoms in total. The molecule has 0 bridgehead atoms. The number of rotatable bonds is 7. The molecule has 5 rings (SSSR count). The van der Waals surface area contributed by atoms with Crippen molar-refractivity contribution in [1.29, 1.82) is 5.26 Å². The largest absolute Gasteiger partial charge is 0.491 e. The van der Waals surface area contributed by atoms with Crippen LogP contribution in [0.5, 0.6) is 5.75 Å². The Hall–Kier alpha value is -4.38. The minimum atomic E-state index is -3.77. The van der Waals surface area contributed by atoms with E-state index in [4.69, 9.17) is 16.3 Å². The van der Waals surface area contributed by atoms with Crippen LogP contribution in [0.2, 0.25) is 5.02 Å². The fraction of sp³-hybridized carbons (Fsp3) is 0.214. The maximum absolute atomic E-state index is 13.4. The quantitative estimate of drug-likeness (QED) is 0.280. The number of amides is 1. The zero-order valence-corrected chi connectivity index (χ0v) is 25.2. The number of halogens is 1. The number of nitrogens with zero attached hydrogens (tertiary/aromatic N) is 5. The molecule has 1 amide bonds. The van der Waals surface area contributed by atoms with Crippen molar-refractivity contribution in [2.45, 2.75) is 27.3 Å². The number of benzene rings is 1. The Balaban J connectivity index is 1.51. The van der Waals surface area contributed by atoms with E-state index in [-0.39, 0.29) is 35.2 Å². The molecule has 1 N–H and O–H groups in total. The van der Waals surface area contributed by atoms with E-state index in [1.165, 1.54) is 22.1 Å². The number of carbonyl (C=O) groups excluding carboxylic acids is 1. The molecule has 4 aromatic heterocycles. The average Bonchev–Trinajstić information content (AvgIpc) is 3.34. The summed E-state index contributed by atoms with van der Waals surface area (Å²) in [5.74, 6) is 0.155. The van der Waals surface area contributed by atoms with Crippen LogP contribution in [0.4, 0.5) is 0 Å². The van der Waals surface area contributed by atoms with E-state index in [0.717, 1.165) is 6.26 Å². The number of carbonyl (C=O) groups is 1. The number of hydrogen-bond acceptors (Lipinski definition) is 10. The zero-order chi connectivity index (χ0) is 30.3. The van der Waals surface area contributed by atoms with Gasteiger partial charge in [-0.2, -0.15) is 5.26 Å². The number of pyridine rings is 2. The van der Waals surface area contributed by atoms with Crippen LogP contribution in [0, 0.1) is 32.1 Å². The van der Waals surface area contributed by atoms with E-state index in [0.29, 0.717) is 54.8 Å². The van der Waals surface area contributed by atoms with E-state index in [1.54, 1.807) is 44.4 Å². The number of aryl methyl sites for hydroxylation is 3. The van der Waals surface area contributed by atoms with Crippen molar-refractivity contribution in [3.05, 3.63) is 79.6 Å². The SMILES string of the molecule is Cc1cc(-c2cc(Cl)ccc2OCCn2c(C)nc3c(C)ncc(C#N)c3c2=O)c2scc(C(=O)NS(C)(=O)=O)c2n1. The number of aromatic nitrogens is 4. The third-order valence-electron chi connectivity index (χ3n) is 6.46. The lowest BCUT2D eigenvalue weighted by atomic mass is 10.0. The smallest absolute Gasteiger partial charge is 0.267 e. The predicted molar refractivity (Wildman–Crippen MR) is 161 cm³/mol. The molecule has 0 aliphatic heterocycles. The molecule has 14 heteroatoms. The van der Waals surface area contributed by atoms with E-state index in [1.807, 2.05) is 16.9 Å². The van der Waals surface area contributed by atoms with Crippen molar-refractivity contribution in [1.82, 2.24) is 24.2 Å². The van der Waals surface area contributed by atoms with Crippen molar-refractivity contribution in [2.24, 2.45) is 0 Å². The number of nitrogens with one attached hydrogen (secondary N) is 1. The number of sulfonamides is 1. The van der Waals surface area contributed by atoms with Gasteiger partial charge in [-0.15, -0.1) is 11.3 Å². The molecule has 214 valence electrons. The molecule has 0 aliphatic rings. The van der Waals surface area contributed by atoms with Gasteiger partial charge in [0.05, 0.1) is 45.2 Å². The highest BCUT2D eigenvalue weighted by Crippen LogP contribution is 2.40. The lowest BCUT2D eigenvalue weighted by Gasteiger charge is -2.16. The lowest BCUT2D eigenvalue weighted by Crippen LogP contribution is -2.29. The highest BCUT2D eigenvalue weighted by Gasteiger charge is 2.21. The van der Waals surface area contributed by atoms with Gasteiger partial charge < -0.3 is 4.74 Å². The van der Waals surface area contributed by atoms with Crippen LogP contribution in [-0.4, -0.2) is 46.7 Å². The zero-order valence-electron chi connectivity index (χ0n) is 22.9. The Kier molecular flexibility index (Phi) is 7.72. The molecule has 0 saturated carbocycles. The second-order valence-electron chi connectivity index (χ2n) is 9.54. The van der Waals surface area contributed by atoms with Gasteiger partial charge in [-0.25, -0.2) is 18.1 Å². The minimum absolute atomic E-state index is 0.0915. The van der Waals surface area contributed by atoms with Crippen LogP contribution in [0.15, 0.2) is 40.6 Å². The van der Waals surface area contributed by atoms with Gasteiger partial charge in [0.25, 0.3) is 11.5 Å². The third-order valence-corrected chi connectivity index (χ3v) is 8.25. The van der Waals surface area contributed by atoms with Gasteiger partial charge in [-0.05, 0) is 45.0 Å². The molecular formula is C28H23ClN6O5S2. The van der Waals surface area contributed by atoms with E-state index >= 15 is 0 Å². The Morgan fingerprint density at radius 2 is 1.93 bits per heavy atom. The summed E-state index contributed by atoms with van der Waals surface area (Å²) in [6.45, 7) is 5.45. The first-order chi connectivity index (χ1) is 19.9. The topological polar surface area (TPSA) is 157 Å². The fourth-order valence-corrected chi connectivity index (χ4v) is 6.24. The van der Waals surface area contributed by atoms with Crippen LogP contribution >= 0.6 is 22.9 Å². The highest BCUT2D eigenvalue weighted by atomic mass is 35.5. The first-order valence-corrected chi connectivity index (χ1v) is 15.6. The third kappa shape index (κ3) is 5.56. The summed E-state index contributed by atoms with van der Waals surface area (Å²) in [4.78, 5) is 39.2. The Morgan fingerprint density at radius 3 is 2.64 bits per heavy atom. The molecule has 5 aromatic rings. The van der Waals surface area contributed by atoms with Gasteiger partial charge in [-0.3, -0.25) is 24.1 Å². The summed E-state index contributed by atoms with van der Waals surface area (Å²) in [6.07, 6.45) is 2.28. The lowest BCUT2D eigenvalue weighted by molar-refractivity contribution is 0.0983. The molecule has 0 fully saturated rings. The van der Waals surface area contributed by atoms with Gasteiger partial charge >= 0.3 is 0 Å². The average molecular weight is 623 g/mol. The number of fused-ring (bicyclic) bond motifs is 2. The predicted octanol–water partition coefficient (Wildman–Crippen LogP) is 4.29. The summed E-state index contributed by atoms with van der Waals surface area (Å²) in [5.41, 5.74) is 3.15. The van der Waals surface area contributed by atoms with Gasteiger partial charge in [0, 0.05) is 33.4 Å². The standard InChI is InChI=1S/C28H23ClN6O5S2/c1-14-9-20(26-25(32-14)21(13-41-26)27(36)34-42(4,38)39)19-10-18(29)5-6-22(19)40-8-7-35-16(3)33-24-15(2)31-12-17(11-30)23(24)28(35)37/h5-6,9-10,12-13H,7-8H2,1-4H3,(H,34,36).